The third-order valence-electron chi connectivity index (χ3n) is 2.05. The SMILES string of the molecule is Fc1c(F)c(CBr)c2nsnc2c1CBr. The molecule has 0 spiro atoms. The second-order valence-electron chi connectivity index (χ2n) is 2.81. The summed E-state index contributed by atoms with van der Waals surface area (Å²) in [6, 6.07) is 0. The van der Waals surface area contributed by atoms with Gasteiger partial charge in [0.1, 0.15) is 11.0 Å². The minimum absolute atomic E-state index is 0.222. The first-order valence-corrected chi connectivity index (χ1v) is 6.91. The number of hydrogen-bond donors (Lipinski definition) is 0. The summed E-state index contributed by atoms with van der Waals surface area (Å²) in [6.07, 6.45) is 0. The Balaban J connectivity index is 2.91. The molecule has 0 amide bonds. The average molecular weight is 358 g/mol. The van der Waals surface area contributed by atoms with E-state index in [1.165, 1.54) is 0 Å². The Morgan fingerprint density at radius 2 is 1.33 bits per heavy atom. The lowest BCUT2D eigenvalue weighted by Gasteiger charge is -2.05. The lowest BCUT2D eigenvalue weighted by Crippen LogP contribution is -1.99. The van der Waals surface area contributed by atoms with Gasteiger partial charge in [0.25, 0.3) is 0 Å². The molecule has 0 radical (unpaired) electrons. The standard InChI is InChI=1S/C8H4Br2F2N2S/c9-1-3-5(11)6(12)4(2-10)8-7(3)13-15-14-8/h1-2H2. The average Bonchev–Trinajstić information content (AvgIpc) is 2.69. The second kappa shape index (κ2) is 4.39. The van der Waals surface area contributed by atoms with E-state index in [2.05, 4.69) is 40.6 Å². The summed E-state index contributed by atoms with van der Waals surface area (Å²) < 4.78 is 35.1. The fraction of sp³-hybridized carbons (Fsp3) is 0.250. The van der Waals surface area contributed by atoms with Gasteiger partial charge < -0.3 is 0 Å². The number of nitrogens with zero attached hydrogens (tertiary/aromatic N) is 2. The molecule has 0 aliphatic rings. The molecule has 0 saturated heterocycles. The molecule has 0 N–H and O–H groups in total. The number of benzene rings is 1. The molecule has 0 atom stereocenters. The van der Waals surface area contributed by atoms with Crippen molar-refractivity contribution in [2.24, 2.45) is 0 Å². The summed E-state index contributed by atoms with van der Waals surface area (Å²) in [5.74, 6) is -1.69. The zero-order valence-electron chi connectivity index (χ0n) is 7.23. The van der Waals surface area contributed by atoms with Gasteiger partial charge in [-0.15, -0.1) is 0 Å². The molecule has 2 rings (SSSR count). The second-order valence-corrected chi connectivity index (χ2v) is 4.46. The van der Waals surface area contributed by atoms with E-state index in [0.29, 0.717) is 11.0 Å². The highest BCUT2D eigenvalue weighted by Gasteiger charge is 2.21. The fourth-order valence-corrected chi connectivity index (χ4v) is 2.92. The molecule has 0 aliphatic heterocycles. The van der Waals surface area contributed by atoms with Crippen LogP contribution in [0.2, 0.25) is 0 Å². The molecule has 1 aromatic carbocycles. The van der Waals surface area contributed by atoms with E-state index in [9.17, 15) is 8.78 Å². The van der Waals surface area contributed by atoms with E-state index < -0.39 is 11.6 Å². The van der Waals surface area contributed by atoms with E-state index >= 15 is 0 Å². The van der Waals surface area contributed by atoms with Crippen molar-refractivity contribution in [3.63, 3.8) is 0 Å². The Labute approximate surface area is 105 Å². The lowest BCUT2D eigenvalue weighted by molar-refractivity contribution is 0.499. The van der Waals surface area contributed by atoms with Crippen molar-refractivity contribution >= 4 is 54.6 Å². The number of aromatic nitrogens is 2. The normalized spacial score (nSPS) is 11.2. The summed E-state index contributed by atoms with van der Waals surface area (Å²) in [5.41, 5.74) is 1.32. The monoisotopic (exact) mass is 356 g/mol. The molecule has 0 bridgehead atoms. The van der Waals surface area contributed by atoms with Gasteiger partial charge in [-0.2, -0.15) is 8.75 Å². The number of hydrogen-bond acceptors (Lipinski definition) is 3. The molecular formula is C8H4Br2F2N2S. The van der Waals surface area contributed by atoms with E-state index in [1.54, 1.807) is 0 Å². The Bertz CT molecular complexity index is 471. The highest BCUT2D eigenvalue weighted by Crippen LogP contribution is 2.30. The predicted molar refractivity (Wildman–Crippen MR) is 62.6 cm³/mol. The molecular weight excluding hydrogens is 354 g/mol. The van der Waals surface area contributed by atoms with Crippen molar-refractivity contribution in [1.82, 2.24) is 8.75 Å². The van der Waals surface area contributed by atoms with Crippen LogP contribution in [0.5, 0.6) is 0 Å². The van der Waals surface area contributed by atoms with Gasteiger partial charge in [-0.05, 0) is 0 Å². The van der Waals surface area contributed by atoms with Crippen molar-refractivity contribution in [1.29, 1.82) is 0 Å². The summed E-state index contributed by atoms with van der Waals surface area (Å²) in [7, 11) is 0. The zero-order valence-corrected chi connectivity index (χ0v) is 11.2. The maximum absolute atomic E-state index is 13.6. The Hall–Kier alpha value is -0.140. The van der Waals surface area contributed by atoms with Crippen LogP contribution >= 0.6 is 43.6 Å². The van der Waals surface area contributed by atoms with Gasteiger partial charge in [-0.25, -0.2) is 8.78 Å². The number of rotatable bonds is 2. The van der Waals surface area contributed by atoms with Crippen LogP contribution in [0.4, 0.5) is 8.78 Å². The lowest BCUT2D eigenvalue weighted by atomic mass is 10.1. The summed E-state index contributed by atoms with van der Waals surface area (Å²) in [6.45, 7) is 0. The van der Waals surface area contributed by atoms with Crippen LogP contribution < -0.4 is 0 Å². The third-order valence-corrected chi connectivity index (χ3v) is 3.70. The Morgan fingerprint density at radius 3 is 1.67 bits per heavy atom. The first-order chi connectivity index (χ1) is 7.20. The zero-order chi connectivity index (χ0) is 11.0. The molecule has 15 heavy (non-hydrogen) atoms. The first-order valence-electron chi connectivity index (χ1n) is 3.93. The molecule has 0 unspecified atom stereocenters. The Kier molecular flexibility index (Phi) is 3.32. The van der Waals surface area contributed by atoms with Crippen LogP contribution in [0.25, 0.3) is 11.0 Å². The number of halogens is 4. The molecule has 1 heterocycles. The van der Waals surface area contributed by atoms with Crippen LogP contribution in [-0.2, 0) is 10.7 Å². The molecule has 2 nitrogen and oxygen atoms in total. The van der Waals surface area contributed by atoms with Gasteiger partial charge in [0, 0.05) is 21.8 Å². The maximum atomic E-state index is 13.6. The smallest absolute Gasteiger partial charge is 0.165 e. The summed E-state index contributed by atoms with van der Waals surface area (Å²) in [5, 5.41) is 0.445. The molecule has 80 valence electrons. The summed E-state index contributed by atoms with van der Waals surface area (Å²) in [4.78, 5) is 0. The number of alkyl halides is 2. The highest BCUT2D eigenvalue weighted by atomic mass is 79.9. The molecule has 0 saturated carbocycles. The van der Waals surface area contributed by atoms with E-state index in [4.69, 9.17) is 0 Å². The predicted octanol–water partition coefficient (Wildman–Crippen LogP) is 3.76. The highest BCUT2D eigenvalue weighted by molar-refractivity contribution is 9.08. The largest absolute Gasteiger partial charge is 0.203 e. The van der Waals surface area contributed by atoms with Crippen molar-refractivity contribution in [2.75, 3.05) is 0 Å². The van der Waals surface area contributed by atoms with Gasteiger partial charge in [0.05, 0.1) is 11.7 Å². The quantitative estimate of drug-likeness (QED) is 0.765. The fourth-order valence-electron chi connectivity index (χ4n) is 1.30. The molecule has 1 aromatic heterocycles. The van der Waals surface area contributed by atoms with Crippen LogP contribution in [0.1, 0.15) is 11.1 Å². The van der Waals surface area contributed by atoms with Gasteiger partial charge in [-0.3, -0.25) is 0 Å². The van der Waals surface area contributed by atoms with Crippen molar-refractivity contribution in [3.05, 3.63) is 22.8 Å². The topological polar surface area (TPSA) is 25.8 Å². The molecule has 2 aromatic rings. The number of fused-ring (bicyclic) bond motifs is 1. The Morgan fingerprint density at radius 1 is 0.933 bits per heavy atom. The van der Waals surface area contributed by atoms with E-state index in [0.717, 1.165) is 11.7 Å². The van der Waals surface area contributed by atoms with Crippen LogP contribution in [0.3, 0.4) is 0 Å². The minimum atomic E-state index is -0.846. The molecule has 0 fully saturated rings. The van der Waals surface area contributed by atoms with Crippen LogP contribution in [0.15, 0.2) is 0 Å². The minimum Gasteiger partial charge on any atom is -0.203 e. The molecule has 0 aliphatic carbocycles. The molecule has 7 heteroatoms. The third kappa shape index (κ3) is 1.70. The van der Waals surface area contributed by atoms with E-state index in [1.807, 2.05) is 0 Å². The van der Waals surface area contributed by atoms with E-state index in [-0.39, 0.29) is 21.8 Å². The first kappa shape index (κ1) is 11.3. The van der Waals surface area contributed by atoms with Crippen molar-refractivity contribution in [3.8, 4) is 0 Å². The maximum Gasteiger partial charge on any atom is 0.165 e. The van der Waals surface area contributed by atoms with Crippen molar-refractivity contribution < 1.29 is 8.78 Å². The van der Waals surface area contributed by atoms with Crippen molar-refractivity contribution in [2.45, 2.75) is 10.7 Å². The van der Waals surface area contributed by atoms with Gasteiger partial charge >= 0.3 is 0 Å². The van der Waals surface area contributed by atoms with Gasteiger partial charge in [-0.1, -0.05) is 31.9 Å². The van der Waals surface area contributed by atoms with Crippen LogP contribution in [-0.4, -0.2) is 8.75 Å². The van der Waals surface area contributed by atoms with Gasteiger partial charge in [0.15, 0.2) is 11.6 Å². The van der Waals surface area contributed by atoms with Gasteiger partial charge in [0.2, 0.25) is 0 Å². The van der Waals surface area contributed by atoms with Crippen LogP contribution in [0, 0.1) is 11.6 Å². The summed E-state index contributed by atoms with van der Waals surface area (Å²) >= 11 is 7.18.